The van der Waals surface area contributed by atoms with Gasteiger partial charge in [-0.25, -0.2) is 4.99 Å². The minimum atomic E-state index is -0.386. The standard InChI is InChI=1S/C31H37N5O3/c1-4-12-36(13-5-2)31(39)24-14-22-7-6-20(15-27(22)35-29(32)17-24)21-9-11-26-28(16-21)34-18-23(30(26)38)8-10-25(37)19-33-3/h6-7,9,11,14-16,18,23,33H,4-5,8,10,12-13,17,19H2,1-3H3,(H2,32,35). The van der Waals surface area contributed by atoms with Gasteiger partial charge in [-0.3, -0.25) is 19.4 Å². The van der Waals surface area contributed by atoms with E-state index >= 15 is 0 Å². The zero-order valence-corrected chi connectivity index (χ0v) is 23.0. The van der Waals surface area contributed by atoms with Gasteiger partial charge in [-0.2, -0.15) is 0 Å². The minimum absolute atomic E-state index is 0.00867. The number of nitrogens with zero attached hydrogens (tertiary/aromatic N) is 3. The summed E-state index contributed by atoms with van der Waals surface area (Å²) in [7, 11) is 1.73. The van der Waals surface area contributed by atoms with Gasteiger partial charge in [0.2, 0.25) is 5.91 Å². The third-order valence-corrected chi connectivity index (χ3v) is 6.98. The van der Waals surface area contributed by atoms with Gasteiger partial charge in [0.1, 0.15) is 11.6 Å². The lowest BCUT2D eigenvalue weighted by Gasteiger charge is -2.22. The Balaban J connectivity index is 1.57. The Morgan fingerprint density at radius 2 is 1.74 bits per heavy atom. The van der Waals surface area contributed by atoms with Crippen molar-refractivity contribution >= 4 is 47.0 Å². The molecular weight excluding hydrogens is 490 g/mol. The Bertz CT molecular complexity index is 1350. The number of amides is 1. The van der Waals surface area contributed by atoms with Crippen LogP contribution in [0.25, 0.3) is 17.2 Å². The SMILES string of the molecule is CCCN(CCC)C(=O)C1=Cc2ccc(-c3ccc4c(c3)N=CC(CCC(=O)CNC)C4=O)cc2N=C(N)C1. The number of aliphatic imine (C=N–C) groups is 2. The summed E-state index contributed by atoms with van der Waals surface area (Å²) in [4.78, 5) is 49.2. The van der Waals surface area contributed by atoms with Crippen LogP contribution in [0.4, 0.5) is 11.4 Å². The van der Waals surface area contributed by atoms with Crippen LogP contribution >= 0.6 is 0 Å². The number of hydrogen-bond donors (Lipinski definition) is 2. The van der Waals surface area contributed by atoms with Gasteiger partial charge in [0.05, 0.1) is 23.8 Å². The summed E-state index contributed by atoms with van der Waals surface area (Å²) in [6.45, 7) is 5.87. The van der Waals surface area contributed by atoms with Crippen molar-refractivity contribution in [3.05, 3.63) is 53.1 Å². The first kappa shape index (κ1) is 28.1. The number of ketones is 2. The van der Waals surface area contributed by atoms with E-state index < -0.39 is 0 Å². The monoisotopic (exact) mass is 527 g/mol. The van der Waals surface area contributed by atoms with Gasteiger partial charge in [0.25, 0.3) is 0 Å². The van der Waals surface area contributed by atoms with E-state index in [1.165, 1.54) is 0 Å². The van der Waals surface area contributed by atoms with E-state index in [1.54, 1.807) is 13.3 Å². The molecule has 204 valence electrons. The molecule has 0 fully saturated rings. The number of nitrogens with two attached hydrogens (primary N) is 1. The molecular formula is C31H37N5O3. The second kappa shape index (κ2) is 12.8. The normalized spacial score (nSPS) is 16.1. The van der Waals surface area contributed by atoms with Crippen LogP contribution in [-0.2, 0) is 9.59 Å². The zero-order valence-electron chi connectivity index (χ0n) is 23.0. The van der Waals surface area contributed by atoms with Crippen molar-refractivity contribution in [1.82, 2.24) is 10.2 Å². The smallest absolute Gasteiger partial charge is 0.250 e. The number of hydrogen-bond acceptors (Lipinski definition) is 7. The third-order valence-electron chi connectivity index (χ3n) is 6.98. The average molecular weight is 528 g/mol. The van der Waals surface area contributed by atoms with Crippen molar-refractivity contribution in [1.29, 1.82) is 0 Å². The van der Waals surface area contributed by atoms with E-state index in [0.717, 1.165) is 29.5 Å². The van der Waals surface area contributed by atoms with Gasteiger partial charge >= 0.3 is 0 Å². The molecule has 0 spiro atoms. The Labute approximate surface area is 230 Å². The number of Topliss-reactive ketones (excluding diaryl/α,β-unsaturated/α-hetero) is 2. The lowest BCUT2D eigenvalue weighted by atomic mass is 9.89. The van der Waals surface area contributed by atoms with Crippen molar-refractivity contribution < 1.29 is 14.4 Å². The second-order valence-electron chi connectivity index (χ2n) is 10.1. The van der Waals surface area contributed by atoms with Crippen LogP contribution in [0.2, 0.25) is 0 Å². The maximum absolute atomic E-state index is 13.3. The van der Waals surface area contributed by atoms with Gasteiger partial charge in [-0.15, -0.1) is 0 Å². The summed E-state index contributed by atoms with van der Waals surface area (Å²) in [6, 6.07) is 11.5. The van der Waals surface area contributed by atoms with Crippen LogP contribution in [0, 0.1) is 5.92 Å². The predicted molar refractivity (Wildman–Crippen MR) is 157 cm³/mol. The molecule has 2 heterocycles. The molecule has 1 atom stereocenters. The molecule has 3 N–H and O–H groups in total. The molecule has 0 aliphatic carbocycles. The minimum Gasteiger partial charge on any atom is -0.387 e. The van der Waals surface area contributed by atoms with Gasteiger partial charge < -0.3 is 16.0 Å². The highest BCUT2D eigenvalue weighted by Crippen LogP contribution is 2.36. The fourth-order valence-corrected chi connectivity index (χ4v) is 5.04. The first-order valence-electron chi connectivity index (χ1n) is 13.7. The summed E-state index contributed by atoms with van der Waals surface area (Å²) < 4.78 is 0. The lowest BCUT2D eigenvalue weighted by Crippen LogP contribution is -2.34. The van der Waals surface area contributed by atoms with Crippen LogP contribution in [0.3, 0.4) is 0 Å². The Morgan fingerprint density at radius 1 is 1.05 bits per heavy atom. The van der Waals surface area contributed by atoms with E-state index in [9.17, 15) is 14.4 Å². The number of carbonyl (C=O) groups excluding carboxylic acids is 3. The van der Waals surface area contributed by atoms with Gasteiger partial charge in [0.15, 0.2) is 5.78 Å². The molecule has 2 aliphatic rings. The number of benzene rings is 2. The second-order valence-corrected chi connectivity index (χ2v) is 10.1. The highest BCUT2D eigenvalue weighted by atomic mass is 16.2. The summed E-state index contributed by atoms with van der Waals surface area (Å²) in [5.41, 5.74) is 11.4. The largest absolute Gasteiger partial charge is 0.387 e. The molecule has 8 heteroatoms. The van der Waals surface area contributed by atoms with Crippen LogP contribution in [0.15, 0.2) is 52.0 Å². The molecule has 0 saturated heterocycles. The molecule has 39 heavy (non-hydrogen) atoms. The summed E-state index contributed by atoms with van der Waals surface area (Å²) >= 11 is 0. The van der Waals surface area contributed by atoms with Crippen LogP contribution in [0.5, 0.6) is 0 Å². The third kappa shape index (κ3) is 6.57. The van der Waals surface area contributed by atoms with E-state index in [2.05, 4.69) is 29.1 Å². The maximum Gasteiger partial charge on any atom is 0.250 e. The van der Waals surface area contributed by atoms with Crippen molar-refractivity contribution in [3.8, 4) is 11.1 Å². The molecule has 0 bridgehead atoms. The maximum atomic E-state index is 13.3. The number of nitrogens with one attached hydrogen (secondary N) is 1. The van der Waals surface area contributed by atoms with Crippen molar-refractivity contribution in [2.45, 2.75) is 46.0 Å². The average Bonchev–Trinajstić information content (AvgIpc) is 3.09. The highest BCUT2D eigenvalue weighted by molar-refractivity contribution is 6.13. The van der Waals surface area contributed by atoms with Gasteiger partial charge in [0, 0.05) is 48.8 Å². The Kier molecular flexibility index (Phi) is 9.19. The highest BCUT2D eigenvalue weighted by Gasteiger charge is 2.26. The molecule has 2 aromatic carbocycles. The number of carbonyl (C=O) groups is 3. The molecule has 4 rings (SSSR count). The molecule has 1 unspecified atom stereocenters. The van der Waals surface area contributed by atoms with Crippen LogP contribution in [-0.4, -0.2) is 61.1 Å². The van der Waals surface area contributed by atoms with Gasteiger partial charge in [-0.1, -0.05) is 32.0 Å². The Hall–Kier alpha value is -3.91. The number of rotatable bonds is 11. The quantitative estimate of drug-likeness (QED) is 0.433. The van der Waals surface area contributed by atoms with Crippen LogP contribution in [0.1, 0.15) is 61.9 Å². The topological polar surface area (TPSA) is 117 Å². The fourth-order valence-electron chi connectivity index (χ4n) is 5.04. The van der Waals surface area contributed by atoms with Crippen molar-refractivity contribution in [2.24, 2.45) is 21.6 Å². The molecule has 8 nitrogen and oxygen atoms in total. The van der Waals surface area contributed by atoms with Crippen molar-refractivity contribution in [3.63, 3.8) is 0 Å². The van der Waals surface area contributed by atoms with E-state index in [1.807, 2.05) is 47.4 Å². The molecule has 2 aliphatic heterocycles. The van der Waals surface area contributed by atoms with Crippen LogP contribution < -0.4 is 11.1 Å². The first-order valence-corrected chi connectivity index (χ1v) is 13.7. The molecule has 0 radical (unpaired) electrons. The van der Waals surface area contributed by atoms with E-state index in [-0.39, 0.29) is 23.4 Å². The summed E-state index contributed by atoms with van der Waals surface area (Å²) in [5.74, 6) is 0.0970. The van der Waals surface area contributed by atoms with Crippen molar-refractivity contribution in [2.75, 3.05) is 26.7 Å². The number of likely N-dealkylation sites (N-methyl/N-ethyl adjacent to an activating group) is 1. The zero-order chi connectivity index (χ0) is 27.9. The number of amidine groups is 1. The Morgan fingerprint density at radius 3 is 2.44 bits per heavy atom. The fraction of sp³-hybridized carbons (Fsp3) is 0.387. The molecule has 0 aromatic heterocycles. The predicted octanol–water partition coefficient (Wildman–Crippen LogP) is 4.86. The summed E-state index contributed by atoms with van der Waals surface area (Å²) in [5, 5.41) is 2.85. The van der Waals surface area contributed by atoms with E-state index in [4.69, 9.17) is 5.73 Å². The number of fused-ring (bicyclic) bond motifs is 2. The lowest BCUT2D eigenvalue weighted by molar-refractivity contribution is -0.127. The molecule has 0 saturated carbocycles. The van der Waals surface area contributed by atoms with E-state index in [0.29, 0.717) is 67.2 Å². The first-order chi connectivity index (χ1) is 18.8. The molecule has 2 aromatic rings. The van der Waals surface area contributed by atoms with Gasteiger partial charge in [-0.05, 0) is 61.7 Å². The molecule has 1 amide bonds. The summed E-state index contributed by atoms with van der Waals surface area (Å²) in [6.07, 6.45) is 6.47.